The second-order valence-electron chi connectivity index (χ2n) is 2.51. The van der Waals surface area contributed by atoms with Gasteiger partial charge in [-0.25, -0.2) is 4.39 Å². The Labute approximate surface area is 70.4 Å². The molecule has 0 aliphatic carbocycles. The van der Waals surface area contributed by atoms with Crippen LogP contribution in [0.25, 0.3) is 0 Å². The summed E-state index contributed by atoms with van der Waals surface area (Å²) in [7, 11) is 1.35. The summed E-state index contributed by atoms with van der Waals surface area (Å²) in [6.07, 6.45) is 0. The number of nitrogens with zero attached hydrogens (tertiary/aromatic N) is 1. The van der Waals surface area contributed by atoms with Gasteiger partial charge < -0.3 is 10.1 Å². The van der Waals surface area contributed by atoms with Crippen LogP contribution < -0.4 is 5.11 Å². The first-order valence-electron chi connectivity index (χ1n) is 3.55. The van der Waals surface area contributed by atoms with Gasteiger partial charge >= 0.3 is 0 Å². The van der Waals surface area contributed by atoms with Gasteiger partial charge in [0.25, 0.3) is 0 Å². The van der Waals surface area contributed by atoms with Gasteiger partial charge in [0, 0.05) is 12.6 Å². The third kappa shape index (κ3) is 1.61. The quantitative estimate of drug-likeness (QED) is 0.450. The number of rotatable bonds is 1. The molecule has 1 aromatic rings. The second-order valence-corrected chi connectivity index (χ2v) is 2.51. The Morgan fingerprint density at radius 3 is 2.75 bits per heavy atom. The van der Waals surface area contributed by atoms with E-state index in [-0.39, 0.29) is 5.56 Å². The molecule has 0 unspecified atom stereocenters. The maximum atomic E-state index is 12.9. The Morgan fingerprint density at radius 2 is 2.17 bits per heavy atom. The van der Waals surface area contributed by atoms with Crippen LogP contribution in [0.15, 0.2) is 23.2 Å². The molecule has 0 atom stereocenters. The normalized spacial score (nSPS) is 11.8. The zero-order valence-electron chi connectivity index (χ0n) is 6.97. The van der Waals surface area contributed by atoms with Crippen LogP contribution in [-0.2, 0) is 0 Å². The number of aryl methyl sites for hydroxylation is 1. The largest absolute Gasteiger partial charge is 0.858 e. The van der Waals surface area contributed by atoms with Crippen LogP contribution >= 0.6 is 0 Å². The number of aliphatic imine (C=N–C) groups is 1. The molecule has 2 nitrogen and oxygen atoms in total. The smallest absolute Gasteiger partial charge is 0.131 e. The van der Waals surface area contributed by atoms with E-state index in [9.17, 15) is 9.50 Å². The van der Waals surface area contributed by atoms with Crippen LogP contribution in [-0.4, -0.2) is 12.9 Å². The fourth-order valence-electron chi connectivity index (χ4n) is 0.923. The van der Waals surface area contributed by atoms with E-state index >= 15 is 0 Å². The average Bonchev–Trinajstić information content (AvgIpc) is 2.08. The predicted molar refractivity (Wildman–Crippen MR) is 43.6 cm³/mol. The number of hydrogen-bond donors (Lipinski definition) is 0. The van der Waals surface area contributed by atoms with Crippen molar-refractivity contribution in [2.75, 3.05) is 7.05 Å². The summed E-state index contributed by atoms with van der Waals surface area (Å²) in [6, 6.07) is 4.38. The molecule has 0 aliphatic heterocycles. The van der Waals surface area contributed by atoms with Crippen molar-refractivity contribution in [2.24, 2.45) is 4.99 Å². The summed E-state index contributed by atoms with van der Waals surface area (Å²) in [5.41, 5.74) is 0.890. The Kier molecular flexibility index (Phi) is 2.43. The molecular weight excluding hydrogens is 157 g/mol. The number of hydrogen-bond acceptors (Lipinski definition) is 2. The van der Waals surface area contributed by atoms with E-state index < -0.39 is 11.7 Å². The SMILES string of the molecule is CN=C([O-])c1cc(C)ccc1F. The molecule has 0 amide bonds. The summed E-state index contributed by atoms with van der Waals surface area (Å²) in [6.45, 7) is 1.80. The van der Waals surface area contributed by atoms with Crippen molar-refractivity contribution in [3.63, 3.8) is 0 Å². The number of benzene rings is 1. The first kappa shape index (κ1) is 8.71. The van der Waals surface area contributed by atoms with E-state index in [0.29, 0.717) is 0 Å². The van der Waals surface area contributed by atoms with Crippen LogP contribution in [0.4, 0.5) is 4.39 Å². The summed E-state index contributed by atoms with van der Waals surface area (Å²) >= 11 is 0. The van der Waals surface area contributed by atoms with Gasteiger partial charge in [-0.3, -0.25) is 0 Å². The molecule has 0 radical (unpaired) electrons. The van der Waals surface area contributed by atoms with Crippen molar-refractivity contribution in [3.8, 4) is 0 Å². The zero-order chi connectivity index (χ0) is 9.14. The highest BCUT2D eigenvalue weighted by atomic mass is 19.1. The van der Waals surface area contributed by atoms with Crippen LogP contribution in [0.1, 0.15) is 11.1 Å². The Balaban J connectivity index is 3.23. The average molecular weight is 166 g/mol. The molecule has 0 N–H and O–H groups in total. The first-order chi connectivity index (χ1) is 5.65. The van der Waals surface area contributed by atoms with Crippen LogP contribution in [0.2, 0.25) is 0 Å². The predicted octanol–water partition coefficient (Wildman–Crippen LogP) is 0.871. The van der Waals surface area contributed by atoms with Crippen molar-refractivity contribution < 1.29 is 9.50 Å². The Morgan fingerprint density at radius 1 is 1.50 bits per heavy atom. The fraction of sp³-hybridized carbons (Fsp3) is 0.222. The van der Waals surface area contributed by atoms with Gasteiger partial charge in [-0.2, -0.15) is 0 Å². The van der Waals surface area contributed by atoms with Gasteiger partial charge in [0.05, 0.1) is 0 Å². The van der Waals surface area contributed by atoms with E-state index in [1.54, 1.807) is 13.0 Å². The van der Waals surface area contributed by atoms with Crippen molar-refractivity contribution in [3.05, 3.63) is 35.1 Å². The molecule has 64 valence electrons. The van der Waals surface area contributed by atoms with Crippen molar-refractivity contribution in [1.29, 1.82) is 0 Å². The molecule has 0 fully saturated rings. The standard InChI is InChI=1S/C9H10FNO/c1-6-3-4-8(10)7(5-6)9(12)11-2/h3-5H,1-2H3,(H,11,12)/p-1. The molecule has 0 aliphatic rings. The van der Waals surface area contributed by atoms with Gasteiger partial charge in [-0.05, 0) is 25.0 Å². The minimum atomic E-state index is -0.517. The summed E-state index contributed by atoms with van der Waals surface area (Å²) in [5, 5.41) is 11.0. The lowest BCUT2D eigenvalue weighted by Gasteiger charge is -2.10. The topological polar surface area (TPSA) is 35.4 Å². The fourth-order valence-corrected chi connectivity index (χ4v) is 0.923. The monoisotopic (exact) mass is 166 g/mol. The highest BCUT2D eigenvalue weighted by Gasteiger charge is 2.00. The summed E-state index contributed by atoms with van der Waals surface area (Å²) < 4.78 is 12.9. The van der Waals surface area contributed by atoms with E-state index in [4.69, 9.17) is 0 Å². The molecule has 0 bridgehead atoms. The molecule has 1 aromatic carbocycles. The minimum Gasteiger partial charge on any atom is -0.858 e. The maximum absolute atomic E-state index is 12.9. The molecule has 12 heavy (non-hydrogen) atoms. The van der Waals surface area contributed by atoms with Crippen molar-refractivity contribution in [2.45, 2.75) is 6.92 Å². The molecule has 1 rings (SSSR count). The van der Waals surface area contributed by atoms with Crippen molar-refractivity contribution >= 4 is 5.90 Å². The second kappa shape index (κ2) is 3.34. The van der Waals surface area contributed by atoms with Crippen molar-refractivity contribution in [1.82, 2.24) is 0 Å². The maximum Gasteiger partial charge on any atom is 0.131 e. The molecule has 0 heterocycles. The highest BCUT2D eigenvalue weighted by Crippen LogP contribution is 2.08. The Bertz CT molecular complexity index is 320. The van der Waals surface area contributed by atoms with Gasteiger partial charge in [0.1, 0.15) is 5.82 Å². The van der Waals surface area contributed by atoms with Gasteiger partial charge in [0.2, 0.25) is 0 Å². The Hall–Kier alpha value is -1.38. The molecular formula is C9H9FNO-. The zero-order valence-corrected chi connectivity index (χ0v) is 6.97. The van der Waals surface area contributed by atoms with Gasteiger partial charge in [-0.15, -0.1) is 0 Å². The highest BCUT2D eigenvalue weighted by molar-refractivity contribution is 5.90. The first-order valence-corrected chi connectivity index (χ1v) is 3.55. The van der Waals surface area contributed by atoms with Gasteiger partial charge in [0.15, 0.2) is 0 Å². The minimum absolute atomic E-state index is 0.0394. The van der Waals surface area contributed by atoms with E-state index in [0.717, 1.165) is 5.56 Å². The molecule has 0 spiro atoms. The van der Waals surface area contributed by atoms with Gasteiger partial charge in [-0.1, -0.05) is 11.6 Å². The van der Waals surface area contributed by atoms with E-state index in [1.807, 2.05) is 0 Å². The number of halogens is 1. The lowest BCUT2D eigenvalue weighted by molar-refractivity contribution is -0.213. The van der Waals surface area contributed by atoms with E-state index in [1.165, 1.54) is 19.2 Å². The summed E-state index contributed by atoms with van der Waals surface area (Å²) in [4.78, 5) is 3.38. The van der Waals surface area contributed by atoms with Crippen LogP contribution in [0.3, 0.4) is 0 Å². The molecule has 0 saturated carbocycles. The third-order valence-corrected chi connectivity index (χ3v) is 1.56. The summed E-state index contributed by atoms with van der Waals surface area (Å²) in [5.74, 6) is -1.03. The van der Waals surface area contributed by atoms with Crippen LogP contribution in [0, 0.1) is 12.7 Å². The molecule has 3 heteroatoms. The molecule has 0 saturated heterocycles. The lowest BCUT2D eigenvalue weighted by atomic mass is 10.1. The van der Waals surface area contributed by atoms with Crippen LogP contribution in [0.5, 0.6) is 0 Å². The lowest BCUT2D eigenvalue weighted by Crippen LogP contribution is -2.20. The van der Waals surface area contributed by atoms with E-state index in [2.05, 4.69) is 4.99 Å². The third-order valence-electron chi connectivity index (χ3n) is 1.56. The molecule has 0 aromatic heterocycles.